The lowest BCUT2D eigenvalue weighted by Crippen LogP contribution is -2.36. The van der Waals surface area contributed by atoms with Crippen molar-refractivity contribution < 1.29 is 18.0 Å². The number of hydrogen-bond acceptors (Lipinski definition) is 2. The highest BCUT2D eigenvalue weighted by Gasteiger charge is 2.31. The summed E-state index contributed by atoms with van der Waals surface area (Å²) in [7, 11) is 0. The number of carbonyl (C=O) groups is 1. The highest BCUT2D eigenvalue weighted by atomic mass is 19.4. The zero-order chi connectivity index (χ0) is 20.9. The summed E-state index contributed by atoms with van der Waals surface area (Å²) in [5.41, 5.74) is 0.189. The molecule has 1 saturated carbocycles. The van der Waals surface area contributed by atoms with Crippen molar-refractivity contribution in [3.05, 3.63) is 35.3 Å². The van der Waals surface area contributed by atoms with E-state index >= 15 is 0 Å². The standard InChI is InChI=1S/C22H30F3N3O/c1-16-20(28-15-17(22(23,24)25)13-14-19(28)26-16)21(29)27-18-11-9-7-5-3-2-4-6-8-10-12-18/h13-15,18H,2-12H2,1H3,(H,27,29). The Kier molecular flexibility index (Phi) is 7.19. The van der Waals surface area contributed by atoms with Gasteiger partial charge in [0.15, 0.2) is 0 Å². The number of carbonyl (C=O) groups excluding carboxylic acids is 1. The number of rotatable bonds is 2. The monoisotopic (exact) mass is 409 g/mol. The first-order valence-corrected chi connectivity index (χ1v) is 10.7. The molecule has 0 spiro atoms. The third kappa shape index (κ3) is 5.73. The van der Waals surface area contributed by atoms with E-state index in [0.717, 1.165) is 50.8 Å². The van der Waals surface area contributed by atoms with Gasteiger partial charge in [-0.3, -0.25) is 9.20 Å². The molecule has 160 valence electrons. The highest BCUT2D eigenvalue weighted by molar-refractivity contribution is 5.94. The predicted octanol–water partition coefficient (Wildman–Crippen LogP) is 6.06. The molecule has 1 amide bonds. The van der Waals surface area contributed by atoms with E-state index in [0.29, 0.717) is 11.3 Å². The number of aromatic nitrogens is 2. The van der Waals surface area contributed by atoms with E-state index in [-0.39, 0.29) is 17.6 Å². The molecule has 29 heavy (non-hydrogen) atoms. The van der Waals surface area contributed by atoms with Crippen LogP contribution in [0.2, 0.25) is 0 Å². The van der Waals surface area contributed by atoms with E-state index in [1.807, 2.05) is 0 Å². The minimum atomic E-state index is -4.46. The van der Waals surface area contributed by atoms with E-state index in [1.165, 1.54) is 42.6 Å². The summed E-state index contributed by atoms with van der Waals surface area (Å²) < 4.78 is 40.6. The summed E-state index contributed by atoms with van der Waals surface area (Å²) in [4.78, 5) is 17.3. The molecule has 0 atom stereocenters. The van der Waals surface area contributed by atoms with Crippen LogP contribution in [-0.2, 0) is 6.18 Å². The van der Waals surface area contributed by atoms with Crippen LogP contribution in [0.15, 0.2) is 18.3 Å². The molecule has 3 rings (SSSR count). The lowest BCUT2D eigenvalue weighted by Gasteiger charge is -2.20. The largest absolute Gasteiger partial charge is 0.417 e. The number of pyridine rings is 1. The molecule has 0 radical (unpaired) electrons. The number of nitrogens with one attached hydrogen (secondary N) is 1. The summed E-state index contributed by atoms with van der Waals surface area (Å²) in [6, 6.07) is 2.36. The van der Waals surface area contributed by atoms with Crippen molar-refractivity contribution in [1.29, 1.82) is 0 Å². The lowest BCUT2D eigenvalue weighted by atomic mass is 9.98. The van der Waals surface area contributed by atoms with Crippen LogP contribution in [-0.4, -0.2) is 21.3 Å². The molecule has 7 heteroatoms. The Labute approximate surface area is 169 Å². The second kappa shape index (κ2) is 9.63. The third-order valence-electron chi connectivity index (χ3n) is 5.78. The topological polar surface area (TPSA) is 46.4 Å². The van der Waals surface area contributed by atoms with E-state index in [9.17, 15) is 18.0 Å². The molecule has 1 aliphatic rings. The first-order chi connectivity index (χ1) is 13.9. The first kappa shape index (κ1) is 21.7. The summed E-state index contributed by atoms with van der Waals surface area (Å²) in [6.45, 7) is 1.66. The van der Waals surface area contributed by atoms with Crippen molar-refractivity contribution >= 4 is 11.6 Å². The molecule has 2 aromatic rings. The quantitative estimate of drug-likeness (QED) is 0.655. The number of alkyl halides is 3. The smallest absolute Gasteiger partial charge is 0.348 e. The van der Waals surface area contributed by atoms with E-state index in [2.05, 4.69) is 10.3 Å². The van der Waals surface area contributed by atoms with Gasteiger partial charge in [-0.1, -0.05) is 57.8 Å². The molecule has 1 N–H and O–H groups in total. The van der Waals surface area contributed by atoms with Crippen LogP contribution in [0, 0.1) is 6.92 Å². The summed E-state index contributed by atoms with van der Waals surface area (Å²) in [5, 5.41) is 3.08. The Morgan fingerprint density at radius 3 is 2.10 bits per heavy atom. The second-order valence-corrected chi connectivity index (χ2v) is 8.12. The van der Waals surface area contributed by atoms with Crippen molar-refractivity contribution in [2.45, 2.75) is 89.8 Å². The SMILES string of the molecule is Cc1nc2ccc(C(F)(F)F)cn2c1C(=O)NC1CCCCCCCCCCC1. The fourth-order valence-corrected chi connectivity index (χ4v) is 4.16. The Balaban J connectivity index is 1.77. The highest BCUT2D eigenvalue weighted by Crippen LogP contribution is 2.30. The minimum absolute atomic E-state index is 0.0534. The molecule has 0 saturated heterocycles. The maximum Gasteiger partial charge on any atom is 0.417 e. The molecule has 0 bridgehead atoms. The minimum Gasteiger partial charge on any atom is -0.348 e. The van der Waals surface area contributed by atoms with Gasteiger partial charge in [0.05, 0.1) is 11.3 Å². The fraction of sp³-hybridized carbons (Fsp3) is 0.636. The number of nitrogens with zero attached hydrogens (tertiary/aromatic N) is 2. The van der Waals surface area contributed by atoms with Gasteiger partial charge in [0.2, 0.25) is 0 Å². The molecule has 1 aliphatic carbocycles. The van der Waals surface area contributed by atoms with Crippen molar-refractivity contribution in [2.24, 2.45) is 0 Å². The van der Waals surface area contributed by atoms with Crippen LogP contribution in [0.3, 0.4) is 0 Å². The van der Waals surface area contributed by atoms with Gasteiger partial charge < -0.3 is 5.32 Å². The van der Waals surface area contributed by atoms with Crippen LogP contribution < -0.4 is 5.32 Å². The molecule has 2 aromatic heterocycles. The normalized spacial score (nSPS) is 18.2. The molecular weight excluding hydrogens is 379 g/mol. The second-order valence-electron chi connectivity index (χ2n) is 8.12. The van der Waals surface area contributed by atoms with Crippen LogP contribution in [0.4, 0.5) is 13.2 Å². The van der Waals surface area contributed by atoms with Crippen molar-refractivity contribution in [2.75, 3.05) is 0 Å². The van der Waals surface area contributed by atoms with Gasteiger partial charge in [-0.2, -0.15) is 13.2 Å². The van der Waals surface area contributed by atoms with Crippen molar-refractivity contribution in [1.82, 2.24) is 14.7 Å². The van der Waals surface area contributed by atoms with Gasteiger partial charge in [0, 0.05) is 12.2 Å². The zero-order valence-electron chi connectivity index (χ0n) is 17.0. The number of fused-ring (bicyclic) bond motifs is 1. The number of amides is 1. The third-order valence-corrected chi connectivity index (χ3v) is 5.78. The van der Waals surface area contributed by atoms with Gasteiger partial charge in [-0.15, -0.1) is 0 Å². The van der Waals surface area contributed by atoms with Gasteiger partial charge in [-0.05, 0) is 31.9 Å². The maximum atomic E-state index is 13.1. The molecule has 0 aliphatic heterocycles. The van der Waals surface area contributed by atoms with Gasteiger partial charge in [-0.25, -0.2) is 4.98 Å². The van der Waals surface area contributed by atoms with Gasteiger partial charge >= 0.3 is 6.18 Å². The summed E-state index contributed by atoms with van der Waals surface area (Å²) in [5.74, 6) is -0.341. The molecule has 4 nitrogen and oxygen atoms in total. The van der Waals surface area contributed by atoms with E-state index in [4.69, 9.17) is 0 Å². The Morgan fingerprint density at radius 2 is 1.55 bits per heavy atom. The number of hydrogen-bond donors (Lipinski definition) is 1. The molecular formula is C22H30F3N3O. The number of imidazole rings is 1. The zero-order valence-corrected chi connectivity index (χ0v) is 17.0. The predicted molar refractivity (Wildman–Crippen MR) is 107 cm³/mol. The number of aryl methyl sites for hydroxylation is 1. The Bertz CT molecular complexity index is 817. The van der Waals surface area contributed by atoms with Crippen LogP contribution in [0.5, 0.6) is 0 Å². The average Bonchev–Trinajstić information content (AvgIpc) is 2.98. The van der Waals surface area contributed by atoms with Gasteiger partial charge in [0.25, 0.3) is 5.91 Å². The van der Waals surface area contributed by atoms with Crippen LogP contribution in [0.1, 0.15) is 92.4 Å². The lowest BCUT2D eigenvalue weighted by molar-refractivity contribution is -0.137. The van der Waals surface area contributed by atoms with Crippen LogP contribution in [0.25, 0.3) is 5.65 Å². The fourth-order valence-electron chi connectivity index (χ4n) is 4.16. The molecule has 2 heterocycles. The summed E-state index contributed by atoms with van der Waals surface area (Å²) in [6.07, 6.45) is 9.10. The van der Waals surface area contributed by atoms with Gasteiger partial charge in [0.1, 0.15) is 11.3 Å². The summed E-state index contributed by atoms with van der Waals surface area (Å²) >= 11 is 0. The van der Waals surface area contributed by atoms with E-state index in [1.54, 1.807) is 6.92 Å². The molecule has 0 unspecified atom stereocenters. The Morgan fingerprint density at radius 1 is 1.00 bits per heavy atom. The van der Waals surface area contributed by atoms with Crippen molar-refractivity contribution in [3.8, 4) is 0 Å². The molecule has 1 fully saturated rings. The Hall–Kier alpha value is -2.05. The van der Waals surface area contributed by atoms with Crippen LogP contribution >= 0.6 is 0 Å². The van der Waals surface area contributed by atoms with Crippen molar-refractivity contribution in [3.63, 3.8) is 0 Å². The maximum absolute atomic E-state index is 13.1. The molecule has 0 aromatic carbocycles. The number of halogens is 3. The average molecular weight is 409 g/mol. The first-order valence-electron chi connectivity index (χ1n) is 10.7. The van der Waals surface area contributed by atoms with E-state index < -0.39 is 11.7 Å².